The molecule has 13 rings (SSSR count). The SMILES string of the molecule is CC(C)(C)OC(=O)OC(=O)OC(C)(C)C.Cl.NCCC[C@H](N)CNCc1cc(-c2ccccc2)cc(-c2ccccc2)c1.NCCC[C@H](N)CNCc1cc(-c2ccccc2)cc(-c2ccccc2)c1.NCCC[C@H](N)CNCc1cc(-c2ccccc2)cc(-c2ccccc2)c1.[B]C1CCCO1.[Cl-].[Cl-].[Cl-].[NH3+]CCC[C@H]([NH3+])C[NH2+]Cc1cc(-c2ccccc2)cc(-c2ccccc2)c1. The number of rotatable bonds is 36. The molecule has 1 unspecified atom stereocenters. The van der Waals surface area contributed by atoms with E-state index in [1.165, 1.54) is 124 Å². The van der Waals surface area contributed by atoms with Crippen molar-refractivity contribution in [1.29, 1.82) is 0 Å². The molecule has 0 amide bonds. The van der Waals surface area contributed by atoms with E-state index in [1.807, 2.05) is 0 Å². The molecule has 0 aliphatic carbocycles. The highest BCUT2D eigenvalue weighted by Gasteiger charge is 2.25. The second-order valence-corrected chi connectivity index (χ2v) is 34.7. The molecule has 1 saturated heterocycles. The van der Waals surface area contributed by atoms with Crippen LogP contribution in [-0.2, 0) is 45.1 Å². The monoisotopic (exact) mass is 1880 g/mol. The molecule has 12 aromatic carbocycles. The topological polar surface area (TPSA) is 335 Å². The van der Waals surface area contributed by atoms with Gasteiger partial charge in [0.25, 0.3) is 0 Å². The van der Waals surface area contributed by atoms with Crippen molar-refractivity contribution in [2.24, 2.45) is 34.4 Å². The zero-order chi connectivity index (χ0) is 92.3. The maximum atomic E-state index is 11.0. The van der Waals surface area contributed by atoms with Crippen LogP contribution >= 0.6 is 12.4 Å². The van der Waals surface area contributed by atoms with Crippen LogP contribution < -0.4 is 104 Å². The van der Waals surface area contributed by atoms with Crippen LogP contribution in [0.15, 0.2) is 315 Å². The summed E-state index contributed by atoms with van der Waals surface area (Å²) in [7, 11) is 5.31. The quantitative estimate of drug-likeness (QED) is 0.00991. The standard InChI is InChI=1S/4C24H29N3.C10H18O5.C4H7BO.4ClH/c4*25-13-7-12-24(26)18-27-17-19-14-22(20-8-3-1-4-9-20)16-23(15-19)21-10-5-2-6-11-21;1-9(2,3)14-7(11)13-8(12)15-10(4,5)6;5-4-2-1-3-6-4;;;;/h4*1-6,8-11,14-16,24,27H,7,12-13,17-18,25-26H2;1-6H3;4H,1-3H2;4*1H/t4*24-;;;;;;/m0000....../s1. The van der Waals surface area contributed by atoms with E-state index in [2.05, 4.69) is 353 Å². The van der Waals surface area contributed by atoms with E-state index in [-0.39, 0.29) is 73.8 Å². The van der Waals surface area contributed by atoms with Gasteiger partial charge in [-0.05, 0) is 291 Å². The molecule has 23 heteroatoms. The number of nitrogens with one attached hydrogen (secondary N) is 3. The van der Waals surface area contributed by atoms with Crippen LogP contribution in [0.4, 0.5) is 9.59 Å². The summed E-state index contributed by atoms with van der Waals surface area (Å²) >= 11 is 0. The van der Waals surface area contributed by atoms with Crippen molar-refractivity contribution in [1.82, 2.24) is 16.0 Å². The Balaban J connectivity index is 0.000000343. The summed E-state index contributed by atoms with van der Waals surface area (Å²) in [6.45, 7) is 20.9. The second-order valence-electron chi connectivity index (χ2n) is 34.7. The Kier molecular flexibility index (Phi) is 56.3. The summed E-state index contributed by atoms with van der Waals surface area (Å²) in [4.78, 5) is 22.0. The molecule has 0 saturated carbocycles. The van der Waals surface area contributed by atoms with Crippen LogP contribution in [0.2, 0.25) is 0 Å². The first-order valence-corrected chi connectivity index (χ1v) is 45.9. The molecular formula is C110H145BCl4N12O6. The van der Waals surface area contributed by atoms with E-state index in [4.69, 9.17) is 56.5 Å². The lowest BCUT2D eigenvalue weighted by atomic mass is 9.96. The predicted molar refractivity (Wildman–Crippen MR) is 543 cm³/mol. The molecule has 1 heterocycles. The van der Waals surface area contributed by atoms with E-state index < -0.39 is 23.5 Å². The Morgan fingerprint density at radius 2 is 0.632 bits per heavy atom. The Labute approximate surface area is 818 Å². The summed E-state index contributed by atoms with van der Waals surface area (Å²) < 4.78 is 18.7. The number of quaternary nitrogens is 3. The molecule has 1 aliphatic heterocycles. The molecule has 5 atom stereocenters. The van der Waals surface area contributed by atoms with Crippen LogP contribution in [0.25, 0.3) is 89.0 Å². The second kappa shape index (κ2) is 64.9. The molecule has 2 radical (unpaired) electrons. The van der Waals surface area contributed by atoms with Gasteiger partial charge in [0.2, 0.25) is 0 Å². The highest BCUT2D eigenvalue weighted by atomic mass is 35.5. The highest BCUT2D eigenvalue weighted by molar-refractivity contribution is 6.11. The summed E-state index contributed by atoms with van der Waals surface area (Å²) in [5, 5.41) is 12.9. The number of carbonyl (C=O) groups is 2. The fraction of sp³-hybridized carbons (Fsp3) is 0.327. The smallest absolute Gasteiger partial charge is 0.519 e. The third-order valence-electron chi connectivity index (χ3n) is 21.0. The molecule has 1 fully saturated rings. The normalized spacial score (nSPS) is 12.7. The minimum Gasteiger partial charge on any atom is -1.00 e. The Morgan fingerprint density at radius 3 is 0.827 bits per heavy atom. The van der Waals surface area contributed by atoms with Gasteiger partial charge in [-0.1, -0.05) is 243 Å². The van der Waals surface area contributed by atoms with Crippen LogP contribution in [0.1, 0.15) is 128 Å². The molecule has 0 aromatic heterocycles. The number of hydrogen-bond donors (Lipinski definition) is 12. The molecule has 23 N–H and O–H groups in total. The van der Waals surface area contributed by atoms with Crippen LogP contribution in [0.3, 0.4) is 0 Å². The van der Waals surface area contributed by atoms with E-state index >= 15 is 0 Å². The third-order valence-corrected chi connectivity index (χ3v) is 21.0. The fourth-order valence-electron chi connectivity index (χ4n) is 14.5. The van der Waals surface area contributed by atoms with Gasteiger partial charge in [-0.25, -0.2) is 9.59 Å². The first-order chi connectivity index (χ1) is 62.4. The van der Waals surface area contributed by atoms with Crippen molar-refractivity contribution < 1.29 is 82.5 Å². The number of ether oxygens (including phenoxy) is 4. The van der Waals surface area contributed by atoms with Crippen LogP contribution in [0.5, 0.6) is 0 Å². The van der Waals surface area contributed by atoms with Crippen LogP contribution in [-0.4, -0.2) is 120 Å². The average Bonchev–Trinajstić information content (AvgIpc) is 1.32. The van der Waals surface area contributed by atoms with Crippen molar-refractivity contribution >= 4 is 32.6 Å². The van der Waals surface area contributed by atoms with Gasteiger partial charge in [0.15, 0.2) is 0 Å². The molecule has 133 heavy (non-hydrogen) atoms. The summed E-state index contributed by atoms with van der Waals surface area (Å²) in [6.07, 6.45) is 8.21. The zero-order valence-corrected chi connectivity index (χ0v) is 81.8. The van der Waals surface area contributed by atoms with Gasteiger partial charge in [-0.15, -0.1) is 12.4 Å². The molecule has 0 spiro atoms. The maximum absolute atomic E-state index is 11.0. The Bertz CT molecular complexity index is 4270. The van der Waals surface area contributed by atoms with Gasteiger partial charge in [-0.2, -0.15) is 0 Å². The van der Waals surface area contributed by atoms with Crippen molar-refractivity contribution in [3.8, 4) is 89.0 Å². The molecule has 1 aliphatic rings. The molecule has 0 bridgehead atoms. The number of benzene rings is 12. The first-order valence-electron chi connectivity index (χ1n) is 45.9. The van der Waals surface area contributed by atoms with Crippen molar-refractivity contribution in [3.05, 3.63) is 338 Å². The summed E-state index contributed by atoms with van der Waals surface area (Å²) in [5.41, 5.74) is 67.0. The average molecular weight is 1880 g/mol. The van der Waals surface area contributed by atoms with Gasteiger partial charge < -0.3 is 123 Å². The predicted octanol–water partition coefficient (Wildman–Crippen LogP) is 8.84. The minimum absolute atomic E-state index is 0. The van der Waals surface area contributed by atoms with Gasteiger partial charge in [0.1, 0.15) is 38.2 Å². The number of halogens is 4. The number of nitrogens with two attached hydrogens (primary N) is 7. The summed E-state index contributed by atoms with van der Waals surface area (Å²) in [5.74, 6) is 0. The fourth-order valence-corrected chi connectivity index (χ4v) is 14.5. The third kappa shape index (κ3) is 46.3. The Morgan fingerprint density at radius 1 is 0.391 bits per heavy atom. The first kappa shape index (κ1) is 115. The largest absolute Gasteiger partial charge is 1.00 e. The van der Waals surface area contributed by atoms with Gasteiger partial charge in [0.05, 0.1) is 6.54 Å². The number of carbonyl (C=O) groups excluding carboxylic acids is 2. The van der Waals surface area contributed by atoms with Gasteiger partial charge in [0, 0.05) is 88.4 Å². The van der Waals surface area contributed by atoms with Crippen molar-refractivity contribution in [3.63, 3.8) is 0 Å². The van der Waals surface area contributed by atoms with E-state index in [0.29, 0.717) is 25.7 Å². The van der Waals surface area contributed by atoms with Crippen molar-refractivity contribution in [2.45, 2.75) is 173 Å². The lowest BCUT2D eigenvalue weighted by Gasteiger charge is -2.20. The molecule has 12 aromatic rings. The highest BCUT2D eigenvalue weighted by Crippen LogP contribution is 2.34. The lowest BCUT2D eigenvalue weighted by molar-refractivity contribution is -0.694. The Hall–Kier alpha value is -9.92. The summed E-state index contributed by atoms with van der Waals surface area (Å²) in [6, 6.07) is 113. The van der Waals surface area contributed by atoms with Crippen molar-refractivity contribution in [2.75, 3.05) is 59.0 Å². The molecule has 712 valence electrons. The van der Waals surface area contributed by atoms with Crippen LogP contribution in [0, 0.1) is 0 Å². The van der Waals surface area contributed by atoms with E-state index in [9.17, 15) is 9.59 Å². The van der Waals surface area contributed by atoms with E-state index in [1.54, 1.807) is 41.5 Å². The number of hydrogen-bond acceptors (Lipinski definition) is 15. The van der Waals surface area contributed by atoms with Gasteiger partial charge >= 0.3 is 12.3 Å². The zero-order valence-electron chi connectivity index (χ0n) is 78.7. The molecule has 18 nitrogen and oxygen atoms in total. The van der Waals surface area contributed by atoms with Gasteiger partial charge in [-0.3, -0.25) is 0 Å². The maximum Gasteiger partial charge on any atom is 0.519 e. The minimum atomic E-state index is -1.06. The lowest BCUT2D eigenvalue weighted by Crippen LogP contribution is -3.00. The molecular weight excluding hydrogens is 1740 g/mol. The van der Waals surface area contributed by atoms with E-state index in [0.717, 1.165) is 117 Å².